The molecule has 13 rings (SSSR count). The fraction of sp³-hybridized carbons (Fsp3) is 0.389. The molecule has 5 aliphatic carbocycles. The zero-order chi connectivity index (χ0) is 53.8. The van der Waals surface area contributed by atoms with Crippen LogP contribution in [0.25, 0.3) is 22.3 Å². The number of rotatable bonds is 14. The summed E-state index contributed by atoms with van der Waals surface area (Å²) >= 11 is 0. The lowest BCUT2D eigenvalue weighted by Crippen LogP contribution is -2.33. The number of benzene rings is 4. The zero-order valence-corrected chi connectivity index (χ0v) is 47.1. The summed E-state index contributed by atoms with van der Waals surface area (Å²) in [4.78, 5) is 8.44. The topological polar surface area (TPSA) is 70.5 Å². The molecule has 2 fully saturated rings. The first-order chi connectivity index (χ1) is 39.5. The Morgan fingerprint density at radius 3 is 1.02 bits per heavy atom. The highest BCUT2D eigenvalue weighted by molar-refractivity contribution is 5.63. The fourth-order valence-corrected chi connectivity index (χ4v) is 14.3. The van der Waals surface area contributed by atoms with Crippen molar-refractivity contribution in [2.45, 2.75) is 152 Å². The molecule has 4 aromatic carbocycles. The monoisotopic (exact) mass is 1060 g/mol. The number of aryl methyl sites for hydroxylation is 6. The second-order valence-corrected chi connectivity index (χ2v) is 23.7. The van der Waals surface area contributed by atoms with E-state index in [1.807, 2.05) is 39.0 Å². The highest BCUT2D eigenvalue weighted by Gasteiger charge is 2.41. The number of fused-ring (bicyclic) bond motifs is 8. The van der Waals surface area contributed by atoms with Crippen LogP contribution in [0.5, 0.6) is 23.0 Å². The van der Waals surface area contributed by atoms with Gasteiger partial charge in [-0.3, -0.25) is 9.97 Å². The number of pyridine rings is 4. The average molecular weight is 1060 g/mol. The minimum Gasteiger partial charge on any atom is -0.496 e. The van der Waals surface area contributed by atoms with Gasteiger partial charge in [0.2, 0.25) is 0 Å². The largest absolute Gasteiger partial charge is 0.496 e. The quantitative estimate of drug-likeness (QED) is 0.0798. The third-order valence-electron chi connectivity index (χ3n) is 18.6. The van der Waals surface area contributed by atoms with Crippen LogP contribution < -0.4 is 28.1 Å². The minimum absolute atomic E-state index is 0.308. The van der Waals surface area contributed by atoms with Gasteiger partial charge in [-0.1, -0.05) is 61.4 Å². The maximum Gasteiger partial charge on any atom is 0.169 e. The second-order valence-electron chi connectivity index (χ2n) is 23.7. The summed E-state index contributed by atoms with van der Waals surface area (Å²) in [7, 11) is 3.84. The van der Waals surface area contributed by atoms with Gasteiger partial charge < -0.3 is 18.9 Å². The van der Waals surface area contributed by atoms with Crippen molar-refractivity contribution in [2.75, 3.05) is 27.4 Å². The number of nitrogens with zero attached hydrogens (tertiary/aromatic N) is 4. The number of ether oxygens (including phenoxy) is 4. The molecule has 0 aliphatic heterocycles. The van der Waals surface area contributed by atoms with Gasteiger partial charge in [0.1, 0.15) is 23.0 Å². The molecular formula is C72H78N4O4+2. The number of aromatic nitrogens is 4. The van der Waals surface area contributed by atoms with Gasteiger partial charge in [0, 0.05) is 74.7 Å². The molecule has 8 heteroatoms. The molecule has 8 nitrogen and oxygen atoms in total. The Morgan fingerprint density at radius 2 is 0.700 bits per heavy atom. The lowest BCUT2D eigenvalue weighted by Gasteiger charge is -2.41. The Kier molecular flexibility index (Phi) is 15.5. The van der Waals surface area contributed by atoms with Gasteiger partial charge in [0.15, 0.2) is 37.9 Å². The van der Waals surface area contributed by atoms with Crippen molar-refractivity contribution in [3.8, 4) is 45.3 Å². The first-order valence-corrected chi connectivity index (χ1v) is 30.3. The molecule has 4 aromatic heterocycles. The molecule has 0 unspecified atom stereocenters. The highest BCUT2D eigenvalue weighted by Crippen LogP contribution is 2.58. The van der Waals surface area contributed by atoms with E-state index in [2.05, 4.69) is 141 Å². The van der Waals surface area contributed by atoms with Crippen LogP contribution in [-0.4, -0.2) is 37.4 Å². The average Bonchev–Trinajstić information content (AvgIpc) is 3.47. The van der Waals surface area contributed by atoms with Crippen molar-refractivity contribution in [1.82, 2.24) is 9.97 Å². The molecule has 408 valence electrons. The van der Waals surface area contributed by atoms with Gasteiger partial charge in [0.05, 0.1) is 27.4 Å². The van der Waals surface area contributed by atoms with E-state index in [9.17, 15) is 0 Å². The molecule has 0 N–H and O–H groups in total. The summed E-state index contributed by atoms with van der Waals surface area (Å²) in [5.74, 6) is 5.56. The summed E-state index contributed by atoms with van der Waals surface area (Å²) < 4.78 is 32.8. The Morgan fingerprint density at radius 1 is 0.388 bits per heavy atom. The van der Waals surface area contributed by atoms with Crippen LogP contribution in [0.2, 0.25) is 0 Å². The van der Waals surface area contributed by atoms with Gasteiger partial charge in [0.25, 0.3) is 0 Å². The standard InChI is InChI=1S/C72H78N4O4/c1-77-69-57-39-49-11-5-3-7-14-52-42-60(72(67(45-52)63-17-15-61(63)65(69)43-49)80-38-10-32-76-35-25-56(26-36-76)54-21-29-74-30-22-54)48-58-40-50-12-6-4-8-13-51-41-59(47-57)71(68(46-51)64-18-16-62(64)66(44-50)70(58)78-2)79-37-9-31-75-33-23-55(24-34-75)53-19-27-73-28-20-53/h19-30,33-36,39-46,61-64H,3-18,31-32,37-38,47-48H2,1-2H3/q+2/t61-,62-,63+,64+/m0/s1. The summed E-state index contributed by atoms with van der Waals surface area (Å²) in [5, 5.41) is 0. The third kappa shape index (κ3) is 11.0. The molecule has 80 heavy (non-hydrogen) atoms. The molecule has 12 bridgehead atoms. The maximum absolute atomic E-state index is 7.35. The summed E-state index contributed by atoms with van der Waals surface area (Å²) in [6.45, 7) is 3.01. The lowest BCUT2D eigenvalue weighted by molar-refractivity contribution is -0.697. The van der Waals surface area contributed by atoms with Crippen LogP contribution in [0.15, 0.2) is 147 Å². The van der Waals surface area contributed by atoms with E-state index in [1.54, 1.807) is 0 Å². The van der Waals surface area contributed by atoms with Crippen molar-refractivity contribution in [3.05, 3.63) is 213 Å². The van der Waals surface area contributed by atoms with Gasteiger partial charge in [-0.25, -0.2) is 9.13 Å². The van der Waals surface area contributed by atoms with E-state index >= 15 is 0 Å². The molecule has 0 spiro atoms. The Balaban J connectivity index is 0.905. The number of hydrogen-bond donors (Lipinski definition) is 0. The fourth-order valence-electron chi connectivity index (χ4n) is 14.3. The normalized spacial score (nSPS) is 19.1. The van der Waals surface area contributed by atoms with E-state index in [4.69, 9.17) is 18.9 Å². The Bertz CT molecular complexity index is 3220. The predicted molar refractivity (Wildman–Crippen MR) is 316 cm³/mol. The van der Waals surface area contributed by atoms with Gasteiger partial charge in [-0.15, -0.1) is 0 Å². The van der Waals surface area contributed by atoms with Crippen molar-refractivity contribution in [2.24, 2.45) is 0 Å². The molecule has 2 saturated carbocycles. The highest BCUT2D eigenvalue weighted by atomic mass is 16.5. The predicted octanol–water partition coefficient (Wildman–Crippen LogP) is 14.7. The summed E-state index contributed by atoms with van der Waals surface area (Å²) in [6, 6.07) is 37.4. The number of hydrogen-bond acceptors (Lipinski definition) is 6. The van der Waals surface area contributed by atoms with Crippen LogP contribution in [0, 0.1) is 0 Å². The van der Waals surface area contributed by atoms with E-state index in [-0.39, 0.29) is 0 Å². The molecule has 0 radical (unpaired) electrons. The summed E-state index contributed by atoms with van der Waals surface area (Å²) in [5.41, 5.74) is 21.2. The van der Waals surface area contributed by atoms with Crippen molar-refractivity contribution < 1.29 is 28.1 Å². The van der Waals surface area contributed by atoms with Crippen LogP contribution in [0.3, 0.4) is 0 Å². The first kappa shape index (κ1) is 52.1. The van der Waals surface area contributed by atoms with Crippen LogP contribution >= 0.6 is 0 Å². The van der Waals surface area contributed by atoms with Crippen molar-refractivity contribution >= 4 is 0 Å². The Labute approximate surface area is 474 Å². The molecule has 8 aromatic rings. The SMILES string of the molecule is COc1c2cc3cc1[C@H]1CC[C@H]1c1cc(cc(c1OCCC[n+]1ccc(-c4ccncc4)cc1)Cc1cc4cc(c1OC)[C@H]1CC[C@H]1c1cc(cc(c1OCCC[n+]1ccc(-c5ccncc5)cc1)C2)CCCCC4)CCCCC3. The maximum atomic E-state index is 7.35. The smallest absolute Gasteiger partial charge is 0.169 e. The molecule has 4 heterocycles. The second kappa shape index (κ2) is 23.8. The van der Waals surface area contributed by atoms with E-state index in [0.29, 0.717) is 36.9 Å². The molecule has 0 amide bonds. The molecular weight excluding hydrogens is 985 g/mol. The van der Waals surface area contributed by atoms with E-state index in [0.717, 1.165) is 126 Å². The number of methoxy groups -OCH3 is 2. The van der Waals surface area contributed by atoms with E-state index in [1.165, 1.54) is 115 Å². The first-order valence-electron chi connectivity index (χ1n) is 30.3. The van der Waals surface area contributed by atoms with Gasteiger partial charge in [-0.05, 0) is 214 Å². The van der Waals surface area contributed by atoms with Gasteiger partial charge in [-0.2, -0.15) is 0 Å². The van der Waals surface area contributed by atoms with Crippen LogP contribution in [-0.2, 0) is 51.6 Å². The van der Waals surface area contributed by atoms with Gasteiger partial charge >= 0.3 is 0 Å². The third-order valence-corrected chi connectivity index (χ3v) is 18.6. The van der Waals surface area contributed by atoms with Crippen LogP contribution in [0.4, 0.5) is 0 Å². The van der Waals surface area contributed by atoms with E-state index < -0.39 is 0 Å². The van der Waals surface area contributed by atoms with Crippen molar-refractivity contribution in [3.63, 3.8) is 0 Å². The summed E-state index contributed by atoms with van der Waals surface area (Å²) in [6.07, 6.45) is 35.4. The van der Waals surface area contributed by atoms with Crippen molar-refractivity contribution in [1.29, 1.82) is 0 Å². The molecule has 4 atom stereocenters. The zero-order valence-electron chi connectivity index (χ0n) is 47.1. The lowest BCUT2D eigenvalue weighted by atomic mass is 9.64. The molecule has 0 saturated heterocycles. The van der Waals surface area contributed by atoms with Crippen LogP contribution in [0.1, 0.15) is 167 Å². The molecule has 5 aliphatic rings. The minimum atomic E-state index is 0.308. The Hall–Kier alpha value is -7.32.